The molecule has 0 aliphatic carbocycles. The van der Waals surface area contributed by atoms with Crippen LogP contribution in [0, 0.1) is 11.5 Å². The monoisotopic (exact) mass is 233 g/mol. The van der Waals surface area contributed by atoms with Crippen molar-refractivity contribution in [1.29, 1.82) is 5.26 Å². The molecule has 0 atom stereocenters. The van der Waals surface area contributed by atoms with E-state index in [2.05, 4.69) is 10.3 Å². The Bertz CT molecular complexity index is 375. The molecular weight excluding hydrogens is 229 g/mol. The SMILES string of the molecule is N#CNC([S-])=Nc1cccc(Cl)c1.[Na+]. The second kappa shape index (κ2) is 7.04. The third kappa shape index (κ3) is 4.80. The fraction of sp³-hybridized carbons (Fsp3) is 0. The van der Waals surface area contributed by atoms with Crippen LogP contribution in [0.5, 0.6) is 0 Å². The number of amidine groups is 1. The Morgan fingerprint density at radius 1 is 1.57 bits per heavy atom. The summed E-state index contributed by atoms with van der Waals surface area (Å²) in [4.78, 5) is 3.92. The number of nitriles is 1. The predicted octanol–water partition coefficient (Wildman–Crippen LogP) is -1.05. The fourth-order valence-electron chi connectivity index (χ4n) is 0.739. The summed E-state index contributed by atoms with van der Waals surface area (Å²) in [6, 6.07) is 6.90. The first kappa shape index (κ1) is 13.7. The molecule has 0 unspecified atom stereocenters. The third-order valence-electron chi connectivity index (χ3n) is 1.20. The first-order chi connectivity index (χ1) is 6.22. The van der Waals surface area contributed by atoms with Crippen molar-refractivity contribution in [1.82, 2.24) is 5.32 Å². The predicted molar refractivity (Wildman–Crippen MR) is 54.7 cm³/mol. The van der Waals surface area contributed by atoms with Gasteiger partial charge in [0, 0.05) is 5.02 Å². The maximum absolute atomic E-state index is 8.23. The van der Waals surface area contributed by atoms with Crippen molar-refractivity contribution in [3.8, 4) is 6.19 Å². The van der Waals surface area contributed by atoms with E-state index in [0.717, 1.165) is 0 Å². The summed E-state index contributed by atoms with van der Waals surface area (Å²) >= 11 is 10.5. The number of hydrogen-bond donors (Lipinski definition) is 1. The van der Waals surface area contributed by atoms with Crippen LogP contribution in [0.15, 0.2) is 29.3 Å². The number of rotatable bonds is 1. The standard InChI is InChI=1S/C8H6ClN3S.Na/c9-6-2-1-3-7(4-6)12-8(13)11-5-10;/h1-4H,(H2,11,12,13);/q;+1/p-1. The van der Waals surface area contributed by atoms with Gasteiger partial charge >= 0.3 is 29.6 Å². The molecule has 0 aliphatic heterocycles. The molecule has 1 aromatic rings. The first-order valence-electron chi connectivity index (χ1n) is 3.39. The zero-order valence-electron chi connectivity index (χ0n) is 7.49. The average molecular weight is 234 g/mol. The van der Waals surface area contributed by atoms with Gasteiger partial charge in [-0.15, -0.1) is 0 Å². The van der Waals surface area contributed by atoms with Crippen LogP contribution in [0.3, 0.4) is 0 Å². The molecule has 0 heterocycles. The smallest absolute Gasteiger partial charge is 0.742 e. The van der Waals surface area contributed by atoms with Crippen molar-refractivity contribution in [2.24, 2.45) is 4.99 Å². The van der Waals surface area contributed by atoms with E-state index >= 15 is 0 Å². The van der Waals surface area contributed by atoms with Gasteiger partial charge in [0.05, 0.1) is 5.69 Å². The van der Waals surface area contributed by atoms with E-state index in [0.29, 0.717) is 10.7 Å². The molecule has 1 rings (SSSR count). The Balaban J connectivity index is 0.00000169. The molecule has 0 saturated carbocycles. The zero-order valence-corrected chi connectivity index (χ0v) is 11.1. The van der Waals surface area contributed by atoms with E-state index in [9.17, 15) is 0 Å². The number of halogens is 1. The molecule has 0 aliphatic rings. The van der Waals surface area contributed by atoms with Crippen LogP contribution in [-0.2, 0) is 12.6 Å². The van der Waals surface area contributed by atoms with Crippen molar-refractivity contribution in [2.75, 3.05) is 0 Å². The molecular formula is C8H5ClN3NaS. The Hall–Kier alpha value is -0.310. The van der Waals surface area contributed by atoms with E-state index in [-0.39, 0.29) is 34.7 Å². The van der Waals surface area contributed by atoms with E-state index in [1.165, 1.54) is 0 Å². The average Bonchev–Trinajstić information content (AvgIpc) is 2.04. The van der Waals surface area contributed by atoms with Crippen LogP contribution in [0.1, 0.15) is 0 Å². The van der Waals surface area contributed by atoms with Gasteiger partial charge in [0.15, 0.2) is 6.19 Å². The maximum atomic E-state index is 8.23. The topological polar surface area (TPSA) is 48.2 Å². The largest absolute Gasteiger partial charge is 1.00 e. The minimum atomic E-state index is 0. The van der Waals surface area contributed by atoms with Crippen LogP contribution in [0.25, 0.3) is 0 Å². The zero-order chi connectivity index (χ0) is 9.68. The maximum Gasteiger partial charge on any atom is 1.00 e. The van der Waals surface area contributed by atoms with Gasteiger partial charge in [-0.05, 0) is 23.4 Å². The Kier molecular flexibility index (Phi) is 6.89. The molecule has 0 radical (unpaired) electrons. The molecule has 0 fully saturated rings. The molecule has 1 aromatic carbocycles. The minimum absolute atomic E-state index is 0. The Labute approximate surface area is 115 Å². The van der Waals surface area contributed by atoms with Gasteiger partial charge in [-0.2, -0.15) is 5.26 Å². The molecule has 0 amide bonds. The van der Waals surface area contributed by atoms with Crippen LogP contribution < -0.4 is 34.9 Å². The molecule has 66 valence electrons. The minimum Gasteiger partial charge on any atom is -0.742 e. The van der Waals surface area contributed by atoms with Crippen molar-refractivity contribution in [3.05, 3.63) is 29.3 Å². The normalized spacial score (nSPS) is 9.86. The molecule has 0 aromatic heterocycles. The number of benzene rings is 1. The van der Waals surface area contributed by atoms with E-state index in [1.54, 1.807) is 30.5 Å². The van der Waals surface area contributed by atoms with Crippen molar-refractivity contribution < 1.29 is 29.6 Å². The number of nitrogens with one attached hydrogen (secondary N) is 1. The summed E-state index contributed by atoms with van der Waals surface area (Å²) in [7, 11) is 0. The number of aliphatic imine (C=N–C) groups is 1. The first-order valence-corrected chi connectivity index (χ1v) is 4.17. The van der Waals surface area contributed by atoms with Crippen molar-refractivity contribution in [2.45, 2.75) is 0 Å². The molecule has 6 heteroatoms. The van der Waals surface area contributed by atoms with Gasteiger partial charge < -0.3 is 17.9 Å². The van der Waals surface area contributed by atoms with Gasteiger partial charge in [-0.1, -0.05) is 17.7 Å². The second-order valence-corrected chi connectivity index (χ2v) is 2.96. The second-order valence-electron chi connectivity index (χ2n) is 2.13. The summed E-state index contributed by atoms with van der Waals surface area (Å²) in [6.45, 7) is 0. The van der Waals surface area contributed by atoms with E-state index < -0.39 is 0 Å². The van der Waals surface area contributed by atoms with Gasteiger partial charge in [-0.3, -0.25) is 4.99 Å². The van der Waals surface area contributed by atoms with Gasteiger partial charge in [0.1, 0.15) is 0 Å². The van der Waals surface area contributed by atoms with Crippen LogP contribution >= 0.6 is 11.6 Å². The molecule has 14 heavy (non-hydrogen) atoms. The van der Waals surface area contributed by atoms with Crippen LogP contribution in [-0.4, -0.2) is 5.17 Å². The summed E-state index contributed by atoms with van der Waals surface area (Å²) < 4.78 is 0. The number of nitrogens with zero attached hydrogens (tertiary/aromatic N) is 2. The Morgan fingerprint density at radius 2 is 2.29 bits per heavy atom. The number of hydrogen-bond acceptors (Lipinski definition) is 3. The summed E-state index contributed by atoms with van der Waals surface area (Å²) in [6.07, 6.45) is 1.68. The fourth-order valence-corrected chi connectivity index (χ4v) is 1.07. The van der Waals surface area contributed by atoms with E-state index in [4.69, 9.17) is 29.5 Å². The molecule has 0 spiro atoms. The van der Waals surface area contributed by atoms with Crippen LogP contribution in [0.4, 0.5) is 5.69 Å². The molecule has 0 saturated heterocycles. The van der Waals surface area contributed by atoms with Gasteiger partial charge in [0.2, 0.25) is 0 Å². The van der Waals surface area contributed by atoms with Crippen molar-refractivity contribution in [3.63, 3.8) is 0 Å². The molecule has 3 nitrogen and oxygen atoms in total. The Morgan fingerprint density at radius 3 is 2.86 bits per heavy atom. The molecule has 1 N–H and O–H groups in total. The van der Waals surface area contributed by atoms with E-state index in [1.807, 2.05) is 0 Å². The summed E-state index contributed by atoms with van der Waals surface area (Å²) in [5, 5.41) is 11.2. The third-order valence-corrected chi connectivity index (χ3v) is 1.63. The van der Waals surface area contributed by atoms with Gasteiger partial charge in [0.25, 0.3) is 0 Å². The summed E-state index contributed by atoms with van der Waals surface area (Å²) in [5.41, 5.74) is 0.625. The van der Waals surface area contributed by atoms with Crippen molar-refractivity contribution >= 4 is 35.1 Å². The summed E-state index contributed by atoms with van der Waals surface area (Å²) in [5.74, 6) is 0. The quantitative estimate of drug-likeness (QED) is 0.168. The van der Waals surface area contributed by atoms with Gasteiger partial charge in [-0.25, -0.2) is 0 Å². The molecule has 0 bridgehead atoms. The van der Waals surface area contributed by atoms with Crippen LogP contribution in [0.2, 0.25) is 5.02 Å².